The van der Waals surface area contributed by atoms with Crippen molar-refractivity contribution in [3.05, 3.63) is 47.5 Å². The summed E-state index contributed by atoms with van der Waals surface area (Å²) in [4.78, 5) is 25.1. The Morgan fingerprint density at radius 3 is 2.44 bits per heavy atom. The van der Waals surface area contributed by atoms with Crippen LogP contribution < -0.4 is 33.8 Å². The van der Waals surface area contributed by atoms with Crippen molar-refractivity contribution in [2.45, 2.75) is 13.5 Å². The van der Waals surface area contributed by atoms with E-state index in [1.807, 2.05) is 0 Å². The predicted octanol–water partition coefficient (Wildman–Crippen LogP) is -1.03. The number of aromatic nitrogens is 1. The van der Waals surface area contributed by atoms with Gasteiger partial charge in [0.05, 0.1) is 18.7 Å². The molecule has 0 spiro atoms. The van der Waals surface area contributed by atoms with Crippen LogP contribution in [0.3, 0.4) is 0 Å². The lowest BCUT2D eigenvalue weighted by Crippen LogP contribution is -3.00. The maximum Gasteiger partial charge on any atom is 0.411 e. The van der Waals surface area contributed by atoms with Crippen LogP contribution in [0.1, 0.15) is 22.8 Å². The highest BCUT2D eigenvalue weighted by molar-refractivity contribution is 5.88. The number of H-pyrrole nitrogens is 1. The van der Waals surface area contributed by atoms with Gasteiger partial charge in [-0.1, -0.05) is 12.1 Å². The van der Waals surface area contributed by atoms with Crippen LogP contribution in [0.25, 0.3) is 0 Å². The highest BCUT2D eigenvalue weighted by Gasteiger charge is 2.10. The maximum absolute atomic E-state index is 11.4. The monoisotopic (exact) mass is 366 g/mol. The van der Waals surface area contributed by atoms with Gasteiger partial charge < -0.3 is 33.3 Å². The average Bonchev–Trinajstić information content (AvgIpc) is 2.56. The van der Waals surface area contributed by atoms with Gasteiger partial charge in [-0.2, -0.15) is 0 Å². The van der Waals surface area contributed by atoms with E-state index >= 15 is 0 Å². The number of pyridine rings is 1. The number of rotatable bonds is 6. The Morgan fingerprint density at radius 2 is 1.88 bits per heavy atom. The van der Waals surface area contributed by atoms with E-state index in [9.17, 15) is 9.59 Å². The fourth-order valence-electron chi connectivity index (χ4n) is 1.96. The molecule has 134 valence electrons. The Kier molecular flexibility index (Phi) is 7.48. The molecule has 1 amide bonds. The zero-order chi connectivity index (χ0) is 17.5. The largest absolute Gasteiger partial charge is 1.00 e. The molecule has 6 N–H and O–H groups in total. The first-order chi connectivity index (χ1) is 11.5. The molecule has 0 atom stereocenters. The van der Waals surface area contributed by atoms with Crippen molar-refractivity contribution in [3.63, 3.8) is 0 Å². The van der Waals surface area contributed by atoms with Crippen LogP contribution >= 0.6 is 0 Å². The van der Waals surface area contributed by atoms with E-state index in [2.05, 4.69) is 15.6 Å². The Morgan fingerprint density at radius 1 is 1.20 bits per heavy atom. The lowest BCUT2D eigenvalue weighted by Gasteiger charge is -2.07. The van der Waals surface area contributed by atoms with Gasteiger partial charge in [0.25, 0.3) is 0 Å². The molecular weight excluding hydrogens is 348 g/mol. The Hall–Kier alpha value is -3.00. The van der Waals surface area contributed by atoms with Crippen molar-refractivity contribution in [2.75, 3.05) is 23.0 Å². The summed E-state index contributed by atoms with van der Waals surface area (Å²) in [5.74, 6) is -0.0150. The number of hydrogen-bond donors (Lipinski definition) is 4. The van der Waals surface area contributed by atoms with Crippen LogP contribution in [0, 0.1) is 0 Å². The summed E-state index contributed by atoms with van der Waals surface area (Å²) in [5.41, 5.74) is 7.44. The molecule has 0 saturated heterocycles. The summed E-state index contributed by atoms with van der Waals surface area (Å²) in [6, 6.07) is 9.93. The number of nitrogen functional groups attached to an aromatic ring is 1. The number of carbonyl (C=O) groups excluding carboxylic acids is 1. The fraction of sp³-hybridized carbons (Fsp3) is 0.188. The van der Waals surface area contributed by atoms with Gasteiger partial charge in [0.1, 0.15) is 5.69 Å². The second-order valence-corrected chi connectivity index (χ2v) is 4.90. The number of nitrogens with two attached hydrogens (primary N) is 1. The molecule has 0 saturated carbocycles. The first-order valence-electron chi connectivity index (χ1n) is 7.31. The third-order valence-corrected chi connectivity index (χ3v) is 3.17. The van der Waals surface area contributed by atoms with E-state index in [1.165, 1.54) is 0 Å². The molecule has 0 aliphatic rings. The van der Waals surface area contributed by atoms with Gasteiger partial charge in [-0.25, -0.2) is 14.6 Å². The van der Waals surface area contributed by atoms with Crippen LogP contribution in [0.5, 0.6) is 0 Å². The second kappa shape index (κ2) is 9.33. The van der Waals surface area contributed by atoms with E-state index in [4.69, 9.17) is 15.6 Å². The van der Waals surface area contributed by atoms with Gasteiger partial charge in [0, 0.05) is 6.07 Å². The molecule has 9 heteroatoms. The summed E-state index contributed by atoms with van der Waals surface area (Å²) in [6.07, 6.45) is -0.572. The van der Waals surface area contributed by atoms with Crippen molar-refractivity contribution < 1.29 is 36.8 Å². The second-order valence-electron chi connectivity index (χ2n) is 4.90. The zero-order valence-electron chi connectivity index (χ0n) is 13.5. The van der Waals surface area contributed by atoms with E-state index in [1.54, 1.807) is 43.3 Å². The summed E-state index contributed by atoms with van der Waals surface area (Å²) in [5, 5.41) is 14.5. The van der Waals surface area contributed by atoms with Gasteiger partial charge >= 0.3 is 12.1 Å². The number of benzene rings is 1. The Balaban J connectivity index is 0.00000312. The minimum atomic E-state index is -0.958. The van der Waals surface area contributed by atoms with Crippen LogP contribution in [0.4, 0.5) is 22.1 Å². The van der Waals surface area contributed by atoms with Crippen LogP contribution in [0.2, 0.25) is 0 Å². The highest BCUT2D eigenvalue weighted by atomic mass is 35.5. The number of hydrogen-bond acceptors (Lipinski definition) is 5. The van der Waals surface area contributed by atoms with Crippen molar-refractivity contribution in [2.24, 2.45) is 0 Å². The number of anilines is 3. The van der Waals surface area contributed by atoms with Gasteiger partial charge in [-0.15, -0.1) is 0 Å². The number of aromatic amines is 1. The number of carbonyl (C=O) groups is 2. The first-order valence-corrected chi connectivity index (χ1v) is 7.31. The Bertz CT molecular complexity index is 737. The molecule has 2 aromatic rings. The smallest absolute Gasteiger partial charge is 0.411 e. The molecule has 0 aliphatic carbocycles. The first kappa shape index (κ1) is 20.0. The SMILES string of the molecule is CCOC(=O)Nc1ccc(NCc2ccc(C(=O)O)cc2)[nH+]c1N.[Cl-]. The molecule has 0 aliphatic heterocycles. The molecule has 1 heterocycles. The third-order valence-electron chi connectivity index (χ3n) is 3.17. The number of carboxylic acid groups (broad SMARTS) is 1. The van der Waals surface area contributed by atoms with E-state index < -0.39 is 12.1 Å². The number of nitrogens with one attached hydrogen (secondary N) is 3. The van der Waals surface area contributed by atoms with E-state index in [0.717, 1.165) is 5.56 Å². The zero-order valence-corrected chi connectivity index (χ0v) is 14.3. The molecule has 1 aromatic carbocycles. The van der Waals surface area contributed by atoms with E-state index in [0.29, 0.717) is 18.1 Å². The lowest BCUT2D eigenvalue weighted by atomic mass is 10.1. The quantitative estimate of drug-likeness (QED) is 0.517. The number of aromatic carboxylic acids is 1. The summed E-state index contributed by atoms with van der Waals surface area (Å²) in [7, 11) is 0. The maximum atomic E-state index is 11.4. The minimum Gasteiger partial charge on any atom is -1.00 e. The molecule has 0 bridgehead atoms. The molecule has 0 radical (unpaired) electrons. The van der Waals surface area contributed by atoms with Crippen LogP contribution in [-0.4, -0.2) is 23.8 Å². The van der Waals surface area contributed by atoms with E-state index in [-0.39, 0.29) is 30.4 Å². The van der Waals surface area contributed by atoms with Gasteiger partial charge in [0.2, 0.25) is 11.6 Å². The van der Waals surface area contributed by atoms with Gasteiger partial charge in [0.15, 0.2) is 0 Å². The van der Waals surface area contributed by atoms with Crippen LogP contribution in [-0.2, 0) is 11.3 Å². The lowest BCUT2D eigenvalue weighted by molar-refractivity contribution is -0.342. The normalized spacial score (nSPS) is 9.64. The topological polar surface area (TPSA) is 128 Å². The van der Waals surface area contributed by atoms with Crippen molar-refractivity contribution in [1.82, 2.24) is 0 Å². The van der Waals surface area contributed by atoms with Crippen molar-refractivity contribution >= 4 is 29.4 Å². The number of ether oxygens (including phenoxy) is 1. The molecule has 2 rings (SSSR count). The summed E-state index contributed by atoms with van der Waals surface area (Å²) in [6.45, 7) is 2.47. The summed E-state index contributed by atoms with van der Waals surface area (Å²) < 4.78 is 4.79. The highest BCUT2D eigenvalue weighted by Crippen LogP contribution is 2.15. The average molecular weight is 367 g/mol. The van der Waals surface area contributed by atoms with Gasteiger partial charge in [-0.3, -0.25) is 5.32 Å². The molecule has 0 unspecified atom stereocenters. The van der Waals surface area contributed by atoms with Crippen molar-refractivity contribution in [3.8, 4) is 0 Å². The number of amides is 1. The van der Waals surface area contributed by atoms with Gasteiger partial charge in [-0.05, 0) is 30.7 Å². The van der Waals surface area contributed by atoms with Crippen molar-refractivity contribution in [1.29, 1.82) is 0 Å². The number of carboxylic acids is 1. The minimum absolute atomic E-state index is 0. The molecule has 8 nitrogen and oxygen atoms in total. The van der Waals surface area contributed by atoms with Crippen LogP contribution in [0.15, 0.2) is 36.4 Å². The Labute approximate surface area is 150 Å². The third kappa shape index (κ3) is 5.85. The molecule has 25 heavy (non-hydrogen) atoms. The summed E-state index contributed by atoms with van der Waals surface area (Å²) >= 11 is 0. The number of halogens is 1. The standard InChI is InChI=1S/C16H18N4O4.ClH/c1-2-24-16(23)19-12-7-8-13(20-14(12)17)18-9-10-3-5-11(6-4-10)15(21)22;/h3-8H,2,9H2,1H3,(H,19,23)(H,21,22)(H3,17,18,20);1H. The molecular formula is C16H19ClN4O4. The fourth-order valence-corrected chi connectivity index (χ4v) is 1.96. The predicted molar refractivity (Wildman–Crippen MR) is 88.8 cm³/mol. The molecule has 0 fully saturated rings. The molecule has 1 aromatic heterocycles.